The monoisotopic (exact) mass is 381 g/mol. The third-order valence-corrected chi connectivity index (χ3v) is 6.39. The first-order valence-corrected chi connectivity index (χ1v) is 10.5. The molecule has 1 saturated carbocycles. The van der Waals surface area contributed by atoms with Crippen molar-refractivity contribution in [2.45, 2.75) is 50.8 Å². The largest absolute Gasteiger partial charge is 0.468 e. The number of hydrogen-bond acceptors (Lipinski definition) is 4. The summed E-state index contributed by atoms with van der Waals surface area (Å²) in [5.41, 5.74) is 2.49. The Balaban J connectivity index is 1.68. The summed E-state index contributed by atoms with van der Waals surface area (Å²) in [6, 6.07) is 11.6. The summed E-state index contributed by atoms with van der Waals surface area (Å²) in [4.78, 5) is 28.6. The Morgan fingerprint density at radius 2 is 1.78 bits per heavy atom. The second-order valence-electron chi connectivity index (χ2n) is 7.21. The number of amides is 2. The minimum absolute atomic E-state index is 0.0286. The highest BCUT2D eigenvalue weighted by atomic mass is 32.2. The molecule has 1 aromatic carbocycles. The molecule has 1 aliphatic heterocycles. The third kappa shape index (κ3) is 3.61. The van der Waals surface area contributed by atoms with Crippen molar-refractivity contribution < 1.29 is 14.0 Å². The first kappa shape index (κ1) is 18.1. The highest BCUT2D eigenvalue weighted by Gasteiger charge is 2.43. The molecule has 0 spiro atoms. The van der Waals surface area contributed by atoms with Gasteiger partial charge in [0.25, 0.3) is 11.8 Å². The topological polar surface area (TPSA) is 50.5 Å². The number of nitrogens with zero attached hydrogens (tertiary/aromatic N) is 1. The fraction of sp³-hybridized carbons (Fsp3) is 0.364. The van der Waals surface area contributed by atoms with Gasteiger partial charge < -0.3 is 4.42 Å². The lowest BCUT2D eigenvalue weighted by atomic mass is 9.94. The zero-order valence-electron chi connectivity index (χ0n) is 15.4. The minimum Gasteiger partial charge on any atom is -0.468 e. The smallest absolute Gasteiger partial charge is 0.268 e. The second kappa shape index (κ2) is 7.77. The van der Waals surface area contributed by atoms with Crippen LogP contribution in [0.2, 0.25) is 0 Å². The van der Waals surface area contributed by atoms with Crippen molar-refractivity contribution in [2.24, 2.45) is 0 Å². The highest BCUT2D eigenvalue weighted by Crippen LogP contribution is 2.40. The van der Waals surface area contributed by atoms with Gasteiger partial charge in [-0.05, 0) is 37.5 Å². The molecule has 0 N–H and O–H groups in total. The van der Waals surface area contributed by atoms with E-state index in [9.17, 15) is 9.59 Å². The third-order valence-electron chi connectivity index (χ3n) is 5.29. The van der Waals surface area contributed by atoms with Gasteiger partial charge in [0.2, 0.25) is 0 Å². The number of imide groups is 1. The lowest BCUT2D eigenvalue weighted by molar-refractivity contribution is -0.139. The molecular formula is C22H23NO3S. The van der Waals surface area contributed by atoms with Gasteiger partial charge in [-0.3, -0.25) is 14.5 Å². The molecule has 0 atom stereocenters. The molecule has 1 aliphatic carbocycles. The standard InChI is InChI=1S/C22H23NO3S/c1-15-9-11-16(12-10-15)19-20(27-14-18-8-5-13-26-18)22(25)23(21(19)24)17-6-3-2-4-7-17/h5,8-13,17H,2-4,6-7,14H2,1H3. The number of rotatable bonds is 5. The van der Waals surface area contributed by atoms with Crippen LogP contribution >= 0.6 is 11.8 Å². The summed E-state index contributed by atoms with van der Waals surface area (Å²) in [5.74, 6) is 1.05. The predicted octanol–water partition coefficient (Wildman–Crippen LogP) is 4.93. The number of hydrogen-bond donors (Lipinski definition) is 0. The van der Waals surface area contributed by atoms with E-state index in [4.69, 9.17) is 4.42 Å². The van der Waals surface area contributed by atoms with Crippen LogP contribution in [0.1, 0.15) is 49.0 Å². The normalized spacial score (nSPS) is 18.6. The van der Waals surface area contributed by atoms with Crippen LogP contribution in [0.3, 0.4) is 0 Å². The summed E-state index contributed by atoms with van der Waals surface area (Å²) >= 11 is 1.40. The molecule has 0 unspecified atom stereocenters. The van der Waals surface area contributed by atoms with Gasteiger partial charge in [0.05, 0.1) is 22.5 Å². The molecule has 0 bridgehead atoms. The molecule has 2 aliphatic rings. The maximum atomic E-state index is 13.3. The quantitative estimate of drug-likeness (QED) is 0.689. The Morgan fingerprint density at radius 1 is 1.04 bits per heavy atom. The van der Waals surface area contributed by atoms with Gasteiger partial charge in [0.15, 0.2) is 0 Å². The van der Waals surface area contributed by atoms with Crippen LogP contribution in [0.15, 0.2) is 52.0 Å². The maximum absolute atomic E-state index is 13.3. The van der Waals surface area contributed by atoms with Crippen molar-refractivity contribution >= 4 is 29.1 Å². The molecule has 1 fully saturated rings. The second-order valence-corrected chi connectivity index (χ2v) is 8.20. The van der Waals surface area contributed by atoms with E-state index in [0.29, 0.717) is 16.2 Å². The molecule has 4 nitrogen and oxygen atoms in total. The van der Waals surface area contributed by atoms with Crippen LogP contribution in [0.5, 0.6) is 0 Å². The lowest BCUT2D eigenvalue weighted by Gasteiger charge is -2.29. The fourth-order valence-corrected chi connectivity index (χ4v) is 4.87. The average molecular weight is 381 g/mol. The number of aryl methyl sites for hydroxylation is 1. The SMILES string of the molecule is Cc1ccc(C2=C(SCc3ccco3)C(=O)N(C3CCCCC3)C2=O)cc1. The number of furan rings is 1. The van der Waals surface area contributed by atoms with Crippen LogP contribution < -0.4 is 0 Å². The molecule has 2 aromatic rings. The first-order valence-electron chi connectivity index (χ1n) is 9.49. The summed E-state index contributed by atoms with van der Waals surface area (Å²) in [6.07, 6.45) is 6.79. The van der Waals surface area contributed by atoms with Crippen LogP contribution in [0.4, 0.5) is 0 Å². The van der Waals surface area contributed by atoms with Crippen molar-refractivity contribution in [3.8, 4) is 0 Å². The summed E-state index contributed by atoms with van der Waals surface area (Å²) in [6.45, 7) is 2.01. The van der Waals surface area contributed by atoms with Crippen molar-refractivity contribution in [1.29, 1.82) is 0 Å². The van der Waals surface area contributed by atoms with Gasteiger partial charge in [-0.25, -0.2) is 0 Å². The van der Waals surface area contributed by atoms with E-state index in [1.165, 1.54) is 23.1 Å². The zero-order chi connectivity index (χ0) is 18.8. The Labute approximate surface area is 163 Å². The number of carbonyl (C=O) groups excluding carboxylic acids is 2. The molecular weight excluding hydrogens is 358 g/mol. The number of thioether (sulfide) groups is 1. The van der Waals surface area contributed by atoms with Crippen molar-refractivity contribution in [2.75, 3.05) is 0 Å². The Kier molecular flexibility index (Phi) is 5.21. The summed E-state index contributed by atoms with van der Waals surface area (Å²) < 4.78 is 5.40. The number of benzene rings is 1. The molecule has 140 valence electrons. The van der Waals surface area contributed by atoms with E-state index >= 15 is 0 Å². The summed E-state index contributed by atoms with van der Waals surface area (Å²) in [5, 5.41) is 0. The van der Waals surface area contributed by atoms with E-state index in [2.05, 4.69) is 0 Å². The minimum atomic E-state index is -0.141. The molecule has 0 saturated heterocycles. The number of carbonyl (C=O) groups is 2. The van der Waals surface area contributed by atoms with Crippen LogP contribution in [0, 0.1) is 6.92 Å². The van der Waals surface area contributed by atoms with Crippen molar-refractivity contribution in [3.05, 3.63) is 64.5 Å². The molecule has 4 rings (SSSR count). The van der Waals surface area contributed by atoms with E-state index < -0.39 is 0 Å². The van der Waals surface area contributed by atoms with E-state index in [0.717, 1.165) is 42.6 Å². The Hall–Kier alpha value is -2.27. The van der Waals surface area contributed by atoms with Gasteiger partial charge in [0, 0.05) is 6.04 Å². The van der Waals surface area contributed by atoms with Gasteiger partial charge in [-0.2, -0.15) is 0 Å². The first-order chi connectivity index (χ1) is 13.1. The zero-order valence-corrected chi connectivity index (χ0v) is 16.3. The molecule has 27 heavy (non-hydrogen) atoms. The molecule has 0 radical (unpaired) electrons. The van der Waals surface area contributed by atoms with Crippen molar-refractivity contribution in [1.82, 2.24) is 4.90 Å². The molecule has 1 aromatic heterocycles. The van der Waals surface area contributed by atoms with E-state index in [1.807, 2.05) is 43.3 Å². The van der Waals surface area contributed by atoms with Crippen molar-refractivity contribution in [3.63, 3.8) is 0 Å². The highest BCUT2D eigenvalue weighted by molar-refractivity contribution is 8.03. The molecule has 2 amide bonds. The van der Waals surface area contributed by atoms with E-state index in [-0.39, 0.29) is 17.9 Å². The van der Waals surface area contributed by atoms with Crippen LogP contribution in [-0.4, -0.2) is 22.8 Å². The molecule has 5 heteroatoms. The van der Waals surface area contributed by atoms with Crippen LogP contribution in [0.25, 0.3) is 5.57 Å². The van der Waals surface area contributed by atoms with Gasteiger partial charge in [-0.1, -0.05) is 49.1 Å². The fourth-order valence-electron chi connectivity index (χ4n) is 3.84. The van der Waals surface area contributed by atoms with Crippen LogP contribution in [-0.2, 0) is 15.3 Å². The summed E-state index contributed by atoms with van der Waals surface area (Å²) in [7, 11) is 0. The Bertz CT molecular complexity index is 861. The maximum Gasteiger partial charge on any atom is 0.268 e. The van der Waals surface area contributed by atoms with Gasteiger partial charge >= 0.3 is 0 Å². The predicted molar refractivity (Wildman–Crippen MR) is 107 cm³/mol. The lowest BCUT2D eigenvalue weighted by Crippen LogP contribution is -2.42. The van der Waals surface area contributed by atoms with Gasteiger partial charge in [-0.15, -0.1) is 11.8 Å². The Morgan fingerprint density at radius 3 is 2.44 bits per heavy atom. The average Bonchev–Trinajstić information content (AvgIpc) is 3.28. The van der Waals surface area contributed by atoms with Gasteiger partial charge in [0.1, 0.15) is 5.76 Å². The van der Waals surface area contributed by atoms with E-state index in [1.54, 1.807) is 6.26 Å². The molecule has 2 heterocycles.